The summed E-state index contributed by atoms with van der Waals surface area (Å²) in [5.41, 5.74) is 2.57. The van der Waals surface area contributed by atoms with E-state index in [1.54, 1.807) is 6.07 Å². The summed E-state index contributed by atoms with van der Waals surface area (Å²) in [4.78, 5) is 0. The Labute approximate surface area is 112 Å². The first-order valence-electron chi connectivity index (χ1n) is 6.28. The van der Waals surface area contributed by atoms with Crippen molar-refractivity contribution in [2.45, 2.75) is 39.8 Å². The summed E-state index contributed by atoms with van der Waals surface area (Å²) in [5, 5.41) is 11.5. The van der Waals surface area contributed by atoms with Crippen molar-refractivity contribution < 1.29 is 4.39 Å². The number of aromatic nitrogens is 3. The summed E-state index contributed by atoms with van der Waals surface area (Å²) >= 11 is 0. The summed E-state index contributed by atoms with van der Waals surface area (Å²) in [6.07, 6.45) is 1.92. The smallest absolute Gasteiger partial charge is 0.123 e. The van der Waals surface area contributed by atoms with Gasteiger partial charge in [-0.05, 0) is 51.5 Å². The van der Waals surface area contributed by atoms with Gasteiger partial charge in [-0.25, -0.2) is 9.07 Å². The van der Waals surface area contributed by atoms with Crippen molar-refractivity contribution in [2.75, 3.05) is 5.32 Å². The molecule has 5 heteroatoms. The van der Waals surface area contributed by atoms with E-state index in [0.29, 0.717) is 6.54 Å². The van der Waals surface area contributed by atoms with Gasteiger partial charge in [0, 0.05) is 5.69 Å². The van der Waals surface area contributed by atoms with Crippen LogP contribution in [0.4, 0.5) is 10.1 Å². The highest BCUT2D eigenvalue weighted by atomic mass is 19.1. The highest BCUT2D eigenvalue weighted by Crippen LogP contribution is 2.17. The molecule has 0 unspecified atom stereocenters. The van der Waals surface area contributed by atoms with Gasteiger partial charge < -0.3 is 5.32 Å². The van der Waals surface area contributed by atoms with Gasteiger partial charge in [-0.3, -0.25) is 0 Å². The third-order valence-corrected chi connectivity index (χ3v) is 2.88. The lowest BCUT2D eigenvalue weighted by atomic mass is 10.1. The van der Waals surface area contributed by atoms with E-state index in [4.69, 9.17) is 0 Å². The minimum absolute atomic E-state index is 0.0724. The Hall–Kier alpha value is -1.91. The van der Waals surface area contributed by atoms with Crippen molar-refractivity contribution in [3.8, 4) is 0 Å². The fourth-order valence-electron chi connectivity index (χ4n) is 1.72. The standard InChI is InChI=1S/C14H19FN4/c1-10-7-11(15)5-6-13(10)16-8-12-9-19(18-17-12)14(2,3)4/h5-7,9,16H,8H2,1-4H3. The minimum Gasteiger partial charge on any atom is -0.379 e. The Morgan fingerprint density at radius 1 is 1.32 bits per heavy atom. The fourth-order valence-corrected chi connectivity index (χ4v) is 1.72. The van der Waals surface area contributed by atoms with Crippen LogP contribution in [0.5, 0.6) is 0 Å². The second-order valence-electron chi connectivity index (χ2n) is 5.64. The van der Waals surface area contributed by atoms with Crippen LogP contribution in [0.25, 0.3) is 0 Å². The van der Waals surface area contributed by atoms with E-state index in [9.17, 15) is 4.39 Å². The molecule has 0 aliphatic heterocycles. The number of rotatable bonds is 3. The lowest BCUT2D eigenvalue weighted by Gasteiger charge is -2.17. The monoisotopic (exact) mass is 262 g/mol. The van der Waals surface area contributed by atoms with E-state index in [1.807, 2.05) is 17.8 Å². The molecule has 0 radical (unpaired) electrons. The molecule has 0 spiro atoms. The molecule has 0 aliphatic rings. The Bertz CT molecular complexity index is 569. The topological polar surface area (TPSA) is 42.7 Å². The molecule has 0 bridgehead atoms. The van der Waals surface area contributed by atoms with Crippen molar-refractivity contribution in [2.24, 2.45) is 0 Å². The van der Waals surface area contributed by atoms with E-state index < -0.39 is 0 Å². The number of nitrogens with one attached hydrogen (secondary N) is 1. The largest absolute Gasteiger partial charge is 0.379 e. The predicted octanol–water partition coefficient (Wildman–Crippen LogP) is 3.09. The van der Waals surface area contributed by atoms with Crippen LogP contribution in [-0.2, 0) is 12.1 Å². The SMILES string of the molecule is Cc1cc(F)ccc1NCc1cn(C(C)(C)C)nn1. The summed E-state index contributed by atoms with van der Waals surface area (Å²) < 4.78 is 14.8. The molecule has 2 rings (SSSR count). The van der Waals surface area contributed by atoms with Crippen LogP contribution in [0.3, 0.4) is 0 Å². The molecule has 19 heavy (non-hydrogen) atoms. The Morgan fingerprint density at radius 2 is 2.05 bits per heavy atom. The van der Waals surface area contributed by atoms with Crippen LogP contribution < -0.4 is 5.32 Å². The summed E-state index contributed by atoms with van der Waals surface area (Å²) in [6, 6.07) is 4.69. The van der Waals surface area contributed by atoms with Crippen LogP contribution >= 0.6 is 0 Å². The minimum atomic E-state index is -0.221. The van der Waals surface area contributed by atoms with Crippen molar-refractivity contribution in [1.29, 1.82) is 0 Å². The highest BCUT2D eigenvalue weighted by molar-refractivity contribution is 5.50. The molecule has 0 amide bonds. The number of halogens is 1. The normalized spacial score (nSPS) is 11.6. The van der Waals surface area contributed by atoms with Gasteiger partial charge >= 0.3 is 0 Å². The van der Waals surface area contributed by atoms with E-state index in [-0.39, 0.29) is 11.4 Å². The number of hydrogen-bond donors (Lipinski definition) is 1. The first-order valence-corrected chi connectivity index (χ1v) is 6.28. The van der Waals surface area contributed by atoms with E-state index in [1.165, 1.54) is 12.1 Å². The molecule has 1 N–H and O–H groups in total. The van der Waals surface area contributed by atoms with Gasteiger partial charge in [-0.15, -0.1) is 5.10 Å². The number of anilines is 1. The van der Waals surface area contributed by atoms with E-state index in [0.717, 1.165) is 16.9 Å². The van der Waals surface area contributed by atoms with Crippen LogP contribution in [0.15, 0.2) is 24.4 Å². The number of hydrogen-bond acceptors (Lipinski definition) is 3. The average molecular weight is 262 g/mol. The van der Waals surface area contributed by atoms with Crippen molar-refractivity contribution in [3.63, 3.8) is 0 Å². The zero-order valence-electron chi connectivity index (χ0n) is 11.7. The molecule has 4 nitrogen and oxygen atoms in total. The maximum absolute atomic E-state index is 13.0. The lowest BCUT2D eigenvalue weighted by Crippen LogP contribution is -2.22. The van der Waals surface area contributed by atoms with Crippen molar-refractivity contribution in [3.05, 3.63) is 41.5 Å². The van der Waals surface area contributed by atoms with Crippen molar-refractivity contribution >= 4 is 5.69 Å². The first kappa shape index (κ1) is 13.5. The zero-order valence-corrected chi connectivity index (χ0v) is 11.7. The molecular weight excluding hydrogens is 243 g/mol. The fraction of sp³-hybridized carbons (Fsp3) is 0.429. The van der Waals surface area contributed by atoms with Crippen molar-refractivity contribution in [1.82, 2.24) is 15.0 Å². The van der Waals surface area contributed by atoms with Crippen LogP contribution in [-0.4, -0.2) is 15.0 Å². The molecule has 1 aromatic carbocycles. The van der Waals surface area contributed by atoms with Gasteiger partial charge in [-0.1, -0.05) is 5.21 Å². The number of aryl methyl sites for hydroxylation is 1. The van der Waals surface area contributed by atoms with Gasteiger partial charge in [0.2, 0.25) is 0 Å². The summed E-state index contributed by atoms with van der Waals surface area (Å²) in [7, 11) is 0. The second-order valence-corrected chi connectivity index (χ2v) is 5.64. The van der Waals surface area contributed by atoms with E-state index in [2.05, 4.69) is 36.4 Å². The number of benzene rings is 1. The molecular formula is C14H19FN4. The first-order chi connectivity index (χ1) is 8.86. The van der Waals surface area contributed by atoms with Crippen LogP contribution in [0, 0.1) is 12.7 Å². The average Bonchev–Trinajstić information content (AvgIpc) is 2.76. The van der Waals surface area contributed by atoms with Gasteiger partial charge in [-0.2, -0.15) is 0 Å². The molecule has 0 atom stereocenters. The molecule has 1 heterocycles. The Balaban J connectivity index is 2.04. The molecule has 102 valence electrons. The maximum atomic E-state index is 13.0. The molecule has 0 saturated heterocycles. The maximum Gasteiger partial charge on any atom is 0.123 e. The number of nitrogens with zero attached hydrogens (tertiary/aromatic N) is 3. The summed E-state index contributed by atoms with van der Waals surface area (Å²) in [5.74, 6) is -0.221. The molecule has 2 aromatic rings. The van der Waals surface area contributed by atoms with Gasteiger partial charge in [0.15, 0.2) is 0 Å². The second kappa shape index (κ2) is 4.99. The van der Waals surface area contributed by atoms with Gasteiger partial charge in [0.1, 0.15) is 11.5 Å². The molecule has 1 aromatic heterocycles. The van der Waals surface area contributed by atoms with Crippen LogP contribution in [0.2, 0.25) is 0 Å². The molecule has 0 saturated carbocycles. The molecule has 0 fully saturated rings. The summed E-state index contributed by atoms with van der Waals surface area (Å²) in [6.45, 7) is 8.66. The lowest BCUT2D eigenvalue weighted by molar-refractivity contribution is 0.347. The third kappa shape index (κ3) is 3.30. The Kier molecular flexibility index (Phi) is 3.55. The molecule has 0 aliphatic carbocycles. The Morgan fingerprint density at radius 3 is 2.63 bits per heavy atom. The highest BCUT2D eigenvalue weighted by Gasteiger charge is 2.14. The van der Waals surface area contributed by atoms with Gasteiger partial charge in [0.25, 0.3) is 0 Å². The zero-order chi connectivity index (χ0) is 14.0. The predicted molar refractivity (Wildman–Crippen MR) is 73.5 cm³/mol. The van der Waals surface area contributed by atoms with E-state index >= 15 is 0 Å². The third-order valence-electron chi connectivity index (χ3n) is 2.88. The van der Waals surface area contributed by atoms with Gasteiger partial charge in [0.05, 0.1) is 18.3 Å². The quantitative estimate of drug-likeness (QED) is 0.924. The van der Waals surface area contributed by atoms with Crippen LogP contribution in [0.1, 0.15) is 32.0 Å².